The summed E-state index contributed by atoms with van der Waals surface area (Å²) in [6.45, 7) is 4.89. The van der Waals surface area contributed by atoms with Gasteiger partial charge in [-0.15, -0.1) is 11.3 Å². The first-order chi connectivity index (χ1) is 10.6. The second kappa shape index (κ2) is 7.19. The van der Waals surface area contributed by atoms with E-state index in [0.29, 0.717) is 28.2 Å². The molecule has 0 atom stereocenters. The summed E-state index contributed by atoms with van der Waals surface area (Å²) in [5, 5.41) is 13.2. The first-order valence-electron chi connectivity index (χ1n) is 6.71. The van der Waals surface area contributed by atoms with Crippen molar-refractivity contribution in [3.63, 3.8) is 0 Å². The molecule has 0 unspecified atom stereocenters. The Hall–Kier alpha value is -2.19. The van der Waals surface area contributed by atoms with Gasteiger partial charge < -0.3 is 19.2 Å². The lowest BCUT2D eigenvalue weighted by Crippen LogP contribution is -2.17. The molecule has 0 amide bonds. The van der Waals surface area contributed by atoms with Crippen molar-refractivity contribution in [2.24, 2.45) is 5.16 Å². The molecule has 8 heteroatoms. The molecular weight excluding hydrogens is 308 g/mol. The van der Waals surface area contributed by atoms with E-state index in [1.807, 2.05) is 13.8 Å². The topological polar surface area (TPSA) is 90.1 Å². The number of fused-ring (bicyclic) bond motifs is 1. The van der Waals surface area contributed by atoms with E-state index in [9.17, 15) is 9.59 Å². The van der Waals surface area contributed by atoms with Crippen LogP contribution in [0.25, 0.3) is 10.2 Å². The Balaban J connectivity index is 2.38. The average molecular weight is 324 g/mol. The molecule has 0 radical (unpaired) electrons. The maximum Gasteiger partial charge on any atom is 0.341 e. The Morgan fingerprint density at radius 1 is 1.50 bits per heavy atom. The Morgan fingerprint density at radius 2 is 2.27 bits per heavy atom. The molecule has 2 aromatic heterocycles. The van der Waals surface area contributed by atoms with Crippen LogP contribution >= 0.6 is 11.3 Å². The van der Waals surface area contributed by atoms with Crippen LogP contribution in [0.15, 0.2) is 22.2 Å². The van der Waals surface area contributed by atoms with Crippen LogP contribution < -0.4 is 5.43 Å². The molecule has 1 N–H and O–H groups in total. The fourth-order valence-corrected chi connectivity index (χ4v) is 2.94. The van der Waals surface area contributed by atoms with E-state index in [2.05, 4.69) is 5.16 Å². The van der Waals surface area contributed by atoms with Gasteiger partial charge in [0.05, 0.1) is 16.5 Å². The third-order valence-electron chi connectivity index (χ3n) is 2.93. The summed E-state index contributed by atoms with van der Waals surface area (Å²) in [6.07, 6.45) is 2.85. The quantitative estimate of drug-likeness (QED) is 0.365. The lowest BCUT2D eigenvalue weighted by molar-refractivity contribution is -0.0469. The van der Waals surface area contributed by atoms with Gasteiger partial charge >= 0.3 is 5.97 Å². The number of carboxylic acid groups (broad SMARTS) is 1. The fourth-order valence-electron chi connectivity index (χ4n) is 1.89. The van der Waals surface area contributed by atoms with Gasteiger partial charge in [-0.05, 0) is 19.9 Å². The number of hydrogen-bond donors (Lipinski definition) is 1. The fraction of sp³-hybridized carbons (Fsp3) is 0.357. The molecule has 2 rings (SSSR count). The number of oxime groups is 1. The highest BCUT2D eigenvalue weighted by atomic mass is 32.1. The standard InChI is InChI=1S/C14H16N2O5S/c1-3-16-7-11(14(18)19)12(17)10-5-9(22-13(10)16)6-15-21-8-20-4-2/h5-7H,3-4,8H2,1-2H3,(H,18,19)/b15-6+. The second-order valence-electron chi connectivity index (χ2n) is 4.30. The number of aromatic carboxylic acids is 1. The van der Waals surface area contributed by atoms with Crippen LogP contribution in [0.5, 0.6) is 0 Å². The Bertz CT molecular complexity index is 762. The normalized spacial score (nSPS) is 11.4. The number of thiophene rings is 1. The van der Waals surface area contributed by atoms with Crippen molar-refractivity contribution >= 4 is 33.7 Å². The number of aromatic nitrogens is 1. The van der Waals surface area contributed by atoms with Gasteiger partial charge in [-0.1, -0.05) is 5.16 Å². The van der Waals surface area contributed by atoms with Crippen LogP contribution in [-0.4, -0.2) is 35.3 Å². The number of hydrogen-bond acceptors (Lipinski definition) is 6. The third kappa shape index (κ3) is 3.34. The highest BCUT2D eigenvalue weighted by molar-refractivity contribution is 7.20. The summed E-state index contributed by atoms with van der Waals surface area (Å²) in [5.41, 5.74) is -0.721. The summed E-state index contributed by atoms with van der Waals surface area (Å²) in [5.74, 6) is -1.23. The predicted octanol–water partition coefficient (Wildman–Crippen LogP) is 2.13. The zero-order valence-electron chi connectivity index (χ0n) is 12.2. The van der Waals surface area contributed by atoms with Crippen LogP contribution in [0, 0.1) is 0 Å². The van der Waals surface area contributed by atoms with E-state index in [4.69, 9.17) is 14.7 Å². The molecule has 2 heterocycles. The van der Waals surface area contributed by atoms with Crippen molar-refractivity contribution in [1.82, 2.24) is 4.57 Å². The minimum Gasteiger partial charge on any atom is -0.477 e. The van der Waals surface area contributed by atoms with Crippen molar-refractivity contribution < 1.29 is 19.5 Å². The van der Waals surface area contributed by atoms with E-state index in [1.165, 1.54) is 23.7 Å². The number of carboxylic acids is 1. The van der Waals surface area contributed by atoms with E-state index in [-0.39, 0.29) is 12.4 Å². The number of ether oxygens (including phenoxy) is 1. The second-order valence-corrected chi connectivity index (χ2v) is 5.37. The Labute approximate surface area is 130 Å². The number of nitrogens with zero attached hydrogens (tertiary/aromatic N) is 2. The molecule has 0 saturated heterocycles. The van der Waals surface area contributed by atoms with Gasteiger partial charge in [-0.25, -0.2) is 4.79 Å². The Morgan fingerprint density at radius 3 is 2.91 bits per heavy atom. The van der Waals surface area contributed by atoms with E-state index in [1.54, 1.807) is 10.6 Å². The SMILES string of the molecule is CCOCO/N=C/c1cc2c(=O)c(C(=O)O)cn(CC)c2s1. The predicted molar refractivity (Wildman–Crippen MR) is 83.9 cm³/mol. The van der Waals surface area contributed by atoms with Gasteiger partial charge in [-0.3, -0.25) is 4.79 Å². The number of rotatable bonds is 7. The summed E-state index contributed by atoms with van der Waals surface area (Å²) in [6, 6.07) is 1.62. The van der Waals surface area contributed by atoms with E-state index in [0.717, 1.165) is 0 Å². The molecule has 7 nitrogen and oxygen atoms in total. The first-order valence-corrected chi connectivity index (χ1v) is 7.53. The van der Waals surface area contributed by atoms with Crippen molar-refractivity contribution in [3.05, 3.63) is 32.9 Å². The molecule has 0 saturated carbocycles. The van der Waals surface area contributed by atoms with Crippen LogP contribution in [0.1, 0.15) is 29.1 Å². The molecule has 0 aliphatic carbocycles. The summed E-state index contributed by atoms with van der Waals surface area (Å²) >= 11 is 1.35. The highest BCUT2D eigenvalue weighted by Crippen LogP contribution is 2.23. The molecule has 0 bridgehead atoms. The molecular formula is C14H16N2O5S. The van der Waals surface area contributed by atoms with Gasteiger partial charge in [0.25, 0.3) is 0 Å². The van der Waals surface area contributed by atoms with Gasteiger partial charge in [-0.2, -0.15) is 0 Å². The third-order valence-corrected chi connectivity index (χ3v) is 4.04. The molecule has 0 aromatic carbocycles. The van der Waals surface area contributed by atoms with Crippen molar-refractivity contribution in [2.45, 2.75) is 20.4 Å². The average Bonchev–Trinajstić information content (AvgIpc) is 2.92. The molecule has 0 spiro atoms. The summed E-state index contributed by atoms with van der Waals surface area (Å²) in [7, 11) is 0. The zero-order chi connectivity index (χ0) is 16.1. The molecule has 0 aliphatic rings. The van der Waals surface area contributed by atoms with Crippen LogP contribution in [-0.2, 0) is 16.1 Å². The minimum atomic E-state index is -1.23. The molecule has 22 heavy (non-hydrogen) atoms. The Kier molecular flexibility index (Phi) is 5.29. The summed E-state index contributed by atoms with van der Waals surface area (Å²) in [4.78, 5) is 29.6. The van der Waals surface area contributed by atoms with Crippen molar-refractivity contribution in [3.8, 4) is 0 Å². The maximum atomic E-state index is 12.2. The maximum absolute atomic E-state index is 12.2. The highest BCUT2D eigenvalue weighted by Gasteiger charge is 2.16. The van der Waals surface area contributed by atoms with E-state index >= 15 is 0 Å². The van der Waals surface area contributed by atoms with E-state index < -0.39 is 11.4 Å². The molecule has 0 fully saturated rings. The van der Waals surface area contributed by atoms with Gasteiger partial charge in [0.2, 0.25) is 12.2 Å². The lowest BCUT2D eigenvalue weighted by atomic mass is 10.2. The smallest absolute Gasteiger partial charge is 0.341 e. The van der Waals surface area contributed by atoms with Gasteiger partial charge in [0, 0.05) is 19.3 Å². The molecule has 0 aliphatic heterocycles. The van der Waals surface area contributed by atoms with Crippen LogP contribution in [0.2, 0.25) is 0 Å². The molecule has 2 aromatic rings. The summed E-state index contributed by atoms with van der Waals surface area (Å²) < 4.78 is 6.72. The van der Waals surface area contributed by atoms with Gasteiger partial charge in [0.1, 0.15) is 10.4 Å². The zero-order valence-corrected chi connectivity index (χ0v) is 13.1. The number of aryl methyl sites for hydroxylation is 1. The van der Waals surface area contributed by atoms with Crippen LogP contribution in [0.4, 0.5) is 0 Å². The monoisotopic (exact) mass is 324 g/mol. The number of carbonyl (C=O) groups is 1. The number of pyridine rings is 1. The lowest BCUT2D eigenvalue weighted by Gasteiger charge is -2.05. The van der Waals surface area contributed by atoms with Crippen molar-refractivity contribution in [2.75, 3.05) is 13.4 Å². The minimum absolute atomic E-state index is 0.0584. The largest absolute Gasteiger partial charge is 0.477 e. The van der Waals surface area contributed by atoms with Gasteiger partial charge in [0.15, 0.2) is 0 Å². The molecule has 118 valence electrons. The van der Waals surface area contributed by atoms with Crippen LogP contribution in [0.3, 0.4) is 0 Å². The van der Waals surface area contributed by atoms with Crippen molar-refractivity contribution in [1.29, 1.82) is 0 Å². The first kappa shape index (κ1) is 16.2.